The van der Waals surface area contributed by atoms with E-state index >= 15 is 0 Å². The number of anilines is 2. The number of benzene rings is 2. The number of amides is 1. The van der Waals surface area contributed by atoms with E-state index in [-0.39, 0.29) is 5.91 Å². The molecule has 4 heteroatoms. The van der Waals surface area contributed by atoms with Gasteiger partial charge in [0.15, 0.2) is 0 Å². The van der Waals surface area contributed by atoms with Crippen LogP contribution in [0.2, 0.25) is 0 Å². The van der Waals surface area contributed by atoms with Crippen LogP contribution in [-0.4, -0.2) is 11.0 Å². The molecule has 1 amide bonds. The zero-order valence-corrected chi connectivity index (χ0v) is 10.6. The molecule has 1 atom stereocenters. The molecule has 0 heterocycles. The van der Waals surface area contributed by atoms with Crippen LogP contribution < -0.4 is 11.1 Å². The van der Waals surface area contributed by atoms with Gasteiger partial charge in [0.1, 0.15) is 0 Å². The maximum absolute atomic E-state index is 11.9. The lowest BCUT2D eigenvalue weighted by molar-refractivity contribution is 0.102. The maximum Gasteiger partial charge on any atom is 0.255 e. The van der Waals surface area contributed by atoms with Crippen molar-refractivity contribution in [3.8, 4) is 0 Å². The van der Waals surface area contributed by atoms with Gasteiger partial charge in [-0.1, -0.05) is 12.1 Å². The van der Waals surface area contributed by atoms with Crippen LogP contribution in [0.1, 0.15) is 28.9 Å². The minimum absolute atomic E-state index is 0.190. The molecule has 0 aromatic heterocycles. The van der Waals surface area contributed by atoms with Gasteiger partial charge >= 0.3 is 0 Å². The first-order valence-corrected chi connectivity index (χ1v) is 6.01. The number of hydrogen-bond acceptors (Lipinski definition) is 3. The Morgan fingerprint density at radius 2 is 1.68 bits per heavy atom. The van der Waals surface area contributed by atoms with Crippen molar-refractivity contribution < 1.29 is 9.90 Å². The Balaban J connectivity index is 2.08. The topological polar surface area (TPSA) is 75.3 Å². The predicted octanol–water partition coefficient (Wildman–Crippen LogP) is 2.57. The number of carbonyl (C=O) groups excluding carboxylic acids is 1. The van der Waals surface area contributed by atoms with E-state index in [1.54, 1.807) is 55.5 Å². The van der Waals surface area contributed by atoms with E-state index in [0.29, 0.717) is 16.9 Å². The fourth-order valence-corrected chi connectivity index (χ4v) is 1.68. The molecule has 0 fully saturated rings. The molecule has 0 spiro atoms. The summed E-state index contributed by atoms with van der Waals surface area (Å²) in [6.07, 6.45) is -0.512. The van der Waals surface area contributed by atoms with Crippen LogP contribution in [0.25, 0.3) is 0 Å². The minimum atomic E-state index is -0.512. The molecule has 2 aromatic carbocycles. The molecule has 0 saturated heterocycles. The second kappa shape index (κ2) is 5.54. The number of rotatable bonds is 3. The van der Waals surface area contributed by atoms with Crippen molar-refractivity contribution in [3.05, 3.63) is 59.7 Å². The van der Waals surface area contributed by atoms with Gasteiger partial charge in [-0.3, -0.25) is 4.79 Å². The van der Waals surface area contributed by atoms with Gasteiger partial charge < -0.3 is 16.2 Å². The van der Waals surface area contributed by atoms with Crippen LogP contribution in [-0.2, 0) is 0 Å². The average molecular weight is 256 g/mol. The van der Waals surface area contributed by atoms with Gasteiger partial charge in [0.25, 0.3) is 5.91 Å². The highest BCUT2D eigenvalue weighted by Gasteiger charge is 2.06. The number of nitrogen functional groups attached to an aromatic ring is 1. The van der Waals surface area contributed by atoms with E-state index in [1.807, 2.05) is 0 Å². The van der Waals surface area contributed by atoms with Gasteiger partial charge in [0, 0.05) is 16.9 Å². The van der Waals surface area contributed by atoms with Crippen LogP contribution in [0, 0.1) is 0 Å². The van der Waals surface area contributed by atoms with Crippen LogP contribution in [0.15, 0.2) is 48.5 Å². The van der Waals surface area contributed by atoms with E-state index in [1.165, 1.54) is 0 Å². The summed E-state index contributed by atoms with van der Waals surface area (Å²) in [7, 11) is 0. The third kappa shape index (κ3) is 3.33. The summed E-state index contributed by atoms with van der Waals surface area (Å²) in [4.78, 5) is 11.9. The molecule has 2 rings (SSSR count). The first kappa shape index (κ1) is 13.1. The molecule has 19 heavy (non-hydrogen) atoms. The normalized spacial score (nSPS) is 11.9. The van der Waals surface area contributed by atoms with Gasteiger partial charge in [0.2, 0.25) is 0 Å². The highest BCUT2D eigenvalue weighted by molar-refractivity contribution is 6.04. The molecule has 0 aliphatic carbocycles. The third-order valence-electron chi connectivity index (χ3n) is 2.82. The summed E-state index contributed by atoms with van der Waals surface area (Å²) in [5.41, 5.74) is 8.24. The molecule has 0 saturated carbocycles. The Morgan fingerprint density at radius 3 is 2.21 bits per heavy atom. The van der Waals surface area contributed by atoms with Gasteiger partial charge in [-0.15, -0.1) is 0 Å². The Bertz CT molecular complexity index is 560. The first-order valence-electron chi connectivity index (χ1n) is 6.01. The monoisotopic (exact) mass is 256 g/mol. The molecule has 0 bridgehead atoms. The Hall–Kier alpha value is -2.33. The molecule has 0 unspecified atom stereocenters. The number of hydrogen-bond donors (Lipinski definition) is 3. The highest BCUT2D eigenvalue weighted by Crippen LogP contribution is 2.16. The Kier molecular flexibility index (Phi) is 3.82. The molecular formula is C15H16N2O2. The summed E-state index contributed by atoms with van der Waals surface area (Å²) < 4.78 is 0. The van der Waals surface area contributed by atoms with Crippen LogP contribution >= 0.6 is 0 Å². The quantitative estimate of drug-likeness (QED) is 0.739. The van der Waals surface area contributed by atoms with E-state index < -0.39 is 6.10 Å². The van der Waals surface area contributed by atoms with Crippen LogP contribution in [0.5, 0.6) is 0 Å². The molecule has 0 aliphatic rings. The van der Waals surface area contributed by atoms with E-state index in [9.17, 15) is 9.90 Å². The van der Waals surface area contributed by atoms with Gasteiger partial charge in [-0.05, 0) is 48.9 Å². The second-order valence-corrected chi connectivity index (χ2v) is 4.37. The summed E-state index contributed by atoms with van der Waals surface area (Å²) in [5.74, 6) is -0.190. The SMILES string of the molecule is C[C@H](O)c1ccc(NC(=O)c2ccc(N)cc2)cc1. The van der Waals surface area contributed by atoms with E-state index in [2.05, 4.69) is 5.32 Å². The zero-order valence-electron chi connectivity index (χ0n) is 10.6. The van der Waals surface area contributed by atoms with Gasteiger partial charge in [-0.2, -0.15) is 0 Å². The highest BCUT2D eigenvalue weighted by atomic mass is 16.3. The average Bonchev–Trinajstić information content (AvgIpc) is 2.40. The Morgan fingerprint density at radius 1 is 1.11 bits per heavy atom. The molecular weight excluding hydrogens is 240 g/mol. The number of nitrogens with two attached hydrogens (primary N) is 1. The number of nitrogens with one attached hydrogen (secondary N) is 1. The van der Waals surface area contributed by atoms with Crippen molar-refractivity contribution in [2.24, 2.45) is 0 Å². The molecule has 2 aromatic rings. The molecule has 4 nitrogen and oxygen atoms in total. The number of carbonyl (C=O) groups is 1. The van der Waals surface area contributed by atoms with Crippen molar-refractivity contribution in [1.29, 1.82) is 0 Å². The largest absolute Gasteiger partial charge is 0.399 e. The summed E-state index contributed by atoms with van der Waals surface area (Å²) in [6.45, 7) is 1.70. The predicted molar refractivity (Wildman–Crippen MR) is 75.9 cm³/mol. The number of aliphatic hydroxyl groups excluding tert-OH is 1. The standard InChI is InChI=1S/C15H16N2O2/c1-10(18)11-4-8-14(9-5-11)17-15(19)12-2-6-13(16)7-3-12/h2-10,18H,16H2,1H3,(H,17,19)/t10-/m0/s1. The third-order valence-corrected chi connectivity index (χ3v) is 2.82. The second-order valence-electron chi connectivity index (χ2n) is 4.37. The number of aliphatic hydroxyl groups is 1. The van der Waals surface area contributed by atoms with E-state index in [4.69, 9.17) is 5.73 Å². The lowest BCUT2D eigenvalue weighted by Gasteiger charge is -2.08. The summed E-state index contributed by atoms with van der Waals surface area (Å²) in [5, 5.41) is 12.2. The molecule has 98 valence electrons. The zero-order chi connectivity index (χ0) is 13.8. The smallest absolute Gasteiger partial charge is 0.255 e. The van der Waals surface area contributed by atoms with Crippen molar-refractivity contribution in [2.45, 2.75) is 13.0 Å². The lowest BCUT2D eigenvalue weighted by Crippen LogP contribution is -2.11. The molecule has 0 aliphatic heterocycles. The van der Waals surface area contributed by atoms with Crippen molar-refractivity contribution in [3.63, 3.8) is 0 Å². The first-order chi connectivity index (χ1) is 9.06. The van der Waals surface area contributed by atoms with Crippen LogP contribution in [0.3, 0.4) is 0 Å². The molecule has 4 N–H and O–H groups in total. The summed E-state index contributed by atoms with van der Waals surface area (Å²) in [6, 6.07) is 13.8. The van der Waals surface area contributed by atoms with Crippen molar-refractivity contribution >= 4 is 17.3 Å². The maximum atomic E-state index is 11.9. The van der Waals surface area contributed by atoms with Gasteiger partial charge in [-0.25, -0.2) is 0 Å². The van der Waals surface area contributed by atoms with Crippen molar-refractivity contribution in [2.75, 3.05) is 11.1 Å². The lowest BCUT2D eigenvalue weighted by atomic mass is 10.1. The van der Waals surface area contributed by atoms with Gasteiger partial charge in [0.05, 0.1) is 6.10 Å². The van der Waals surface area contributed by atoms with Crippen molar-refractivity contribution in [1.82, 2.24) is 0 Å². The molecule has 0 radical (unpaired) electrons. The van der Waals surface area contributed by atoms with Crippen LogP contribution in [0.4, 0.5) is 11.4 Å². The Labute approximate surface area is 111 Å². The fourth-order valence-electron chi connectivity index (χ4n) is 1.68. The van der Waals surface area contributed by atoms with E-state index in [0.717, 1.165) is 5.56 Å². The fraction of sp³-hybridized carbons (Fsp3) is 0.133. The summed E-state index contributed by atoms with van der Waals surface area (Å²) >= 11 is 0. The minimum Gasteiger partial charge on any atom is -0.399 e.